The second-order valence-electron chi connectivity index (χ2n) is 6.92. The van der Waals surface area contributed by atoms with E-state index < -0.39 is 0 Å². The molecule has 0 radical (unpaired) electrons. The van der Waals surface area contributed by atoms with E-state index in [0.717, 1.165) is 39.1 Å². The molecule has 0 bridgehead atoms. The van der Waals surface area contributed by atoms with E-state index in [1.165, 1.54) is 22.4 Å². The summed E-state index contributed by atoms with van der Waals surface area (Å²) in [6, 6.07) is 8.69. The number of likely N-dealkylation sites (N-methyl/N-ethyl adjacent to an activating group) is 1. The van der Waals surface area contributed by atoms with Crippen molar-refractivity contribution in [2.24, 2.45) is 0 Å². The summed E-state index contributed by atoms with van der Waals surface area (Å²) in [5, 5.41) is 4.56. The fraction of sp³-hybridized carbons (Fsp3) is 0.550. The molecule has 0 atom stereocenters. The van der Waals surface area contributed by atoms with Crippen LogP contribution in [0.25, 0.3) is 0 Å². The highest BCUT2D eigenvalue weighted by molar-refractivity contribution is 5.25. The molecule has 4 heteroatoms. The van der Waals surface area contributed by atoms with Crippen LogP contribution in [0.2, 0.25) is 0 Å². The van der Waals surface area contributed by atoms with Gasteiger partial charge in [0.1, 0.15) is 0 Å². The van der Waals surface area contributed by atoms with Crippen LogP contribution in [0.1, 0.15) is 35.7 Å². The number of hydrogen-bond acceptors (Lipinski definition) is 3. The molecule has 132 valence electrons. The zero-order valence-corrected chi connectivity index (χ0v) is 15.9. The van der Waals surface area contributed by atoms with Crippen LogP contribution >= 0.6 is 0 Å². The van der Waals surface area contributed by atoms with Crippen molar-refractivity contribution in [1.29, 1.82) is 0 Å². The Hall–Kier alpha value is -1.65. The van der Waals surface area contributed by atoms with Crippen LogP contribution < -0.4 is 0 Å². The van der Waals surface area contributed by atoms with Crippen molar-refractivity contribution in [3.05, 3.63) is 52.8 Å². The van der Waals surface area contributed by atoms with E-state index in [-0.39, 0.29) is 0 Å². The normalized spacial score (nSPS) is 11.6. The van der Waals surface area contributed by atoms with E-state index in [9.17, 15) is 0 Å². The third-order valence-electron chi connectivity index (χ3n) is 4.55. The topological polar surface area (TPSA) is 24.3 Å². The van der Waals surface area contributed by atoms with Crippen LogP contribution in [0.15, 0.2) is 30.5 Å². The minimum absolute atomic E-state index is 0.956. The largest absolute Gasteiger partial charge is 0.308 e. The van der Waals surface area contributed by atoms with Gasteiger partial charge in [0.15, 0.2) is 0 Å². The van der Waals surface area contributed by atoms with E-state index in [1.54, 1.807) is 0 Å². The third kappa shape index (κ3) is 5.18. The summed E-state index contributed by atoms with van der Waals surface area (Å²) in [6.07, 6.45) is 3.17. The molecule has 0 aliphatic rings. The maximum Gasteiger partial charge on any atom is 0.0537 e. The number of hydrogen-bond donors (Lipinski definition) is 0. The van der Waals surface area contributed by atoms with Crippen molar-refractivity contribution in [3.8, 4) is 0 Å². The third-order valence-corrected chi connectivity index (χ3v) is 4.55. The lowest BCUT2D eigenvalue weighted by atomic mass is 10.1. The molecule has 1 aromatic heterocycles. The number of nitrogens with zero attached hydrogens (tertiary/aromatic N) is 4. The Kier molecular flexibility index (Phi) is 7.00. The summed E-state index contributed by atoms with van der Waals surface area (Å²) in [5.41, 5.74) is 5.42. The SMILES string of the molecule is CCCn1ncc(CN(CCN(C)C)Cc2ccccc2C)c1C. The Balaban J connectivity index is 2.12. The average Bonchev–Trinajstić information content (AvgIpc) is 2.88. The molecule has 1 aromatic carbocycles. The average molecular weight is 329 g/mol. The molecule has 2 rings (SSSR count). The maximum absolute atomic E-state index is 4.56. The first-order valence-electron chi connectivity index (χ1n) is 8.94. The lowest BCUT2D eigenvalue weighted by Gasteiger charge is -2.25. The molecule has 0 aliphatic carbocycles. The fourth-order valence-electron chi connectivity index (χ4n) is 2.90. The highest BCUT2D eigenvalue weighted by Crippen LogP contribution is 2.16. The summed E-state index contributed by atoms with van der Waals surface area (Å²) in [4.78, 5) is 4.78. The number of aryl methyl sites for hydroxylation is 2. The number of aromatic nitrogens is 2. The molecule has 0 fully saturated rings. The highest BCUT2D eigenvalue weighted by Gasteiger charge is 2.13. The molecule has 0 aliphatic heterocycles. The summed E-state index contributed by atoms with van der Waals surface area (Å²) in [7, 11) is 4.27. The predicted molar refractivity (Wildman–Crippen MR) is 101 cm³/mol. The van der Waals surface area contributed by atoms with Crippen molar-refractivity contribution >= 4 is 0 Å². The summed E-state index contributed by atoms with van der Waals surface area (Å²) < 4.78 is 2.13. The van der Waals surface area contributed by atoms with Crippen LogP contribution in [0.5, 0.6) is 0 Å². The van der Waals surface area contributed by atoms with Gasteiger partial charge in [0.05, 0.1) is 6.20 Å². The molecule has 0 N–H and O–H groups in total. The van der Waals surface area contributed by atoms with Crippen LogP contribution in [0, 0.1) is 13.8 Å². The van der Waals surface area contributed by atoms with Crippen LogP contribution in [-0.4, -0.2) is 46.8 Å². The second kappa shape index (κ2) is 9.00. The minimum Gasteiger partial charge on any atom is -0.308 e. The molecular weight excluding hydrogens is 296 g/mol. The molecule has 4 nitrogen and oxygen atoms in total. The molecule has 24 heavy (non-hydrogen) atoms. The lowest BCUT2D eigenvalue weighted by molar-refractivity contribution is 0.225. The Morgan fingerprint density at radius 2 is 1.71 bits per heavy atom. The van der Waals surface area contributed by atoms with Crippen molar-refractivity contribution in [3.63, 3.8) is 0 Å². The van der Waals surface area contributed by atoms with E-state index in [2.05, 4.69) is 78.7 Å². The molecule has 2 aromatic rings. The standard InChI is InChI=1S/C20H32N4/c1-6-11-24-18(3)20(14-21-24)16-23(13-12-22(4)5)15-19-10-8-7-9-17(19)2/h7-10,14H,6,11-13,15-16H2,1-5H3. The second-order valence-corrected chi connectivity index (χ2v) is 6.92. The number of rotatable bonds is 9. The van der Waals surface area contributed by atoms with Crippen molar-refractivity contribution in [2.75, 3.05) is 27.2 Å². The fourth-order valence-corrected chi connectivity index (χ4v) is 2.90. The molecule has 0 amide bonds. The van der Waals surface area contributed by atoms with Gasteiger partial charge in [0.2, 0.25) is 0 Å². The van der Waals surface area contributed by atoms with Gasteiger partial charge >= 0.3 is 0 Å². The molecule has 0 saturated carbocycles. The molecule has 0 saturated heterocycles. The smallest absolute Gasteiger partial charge is 0.0537 e. The van der Waals surface area contributed by atoms with Gasteiger partial charge in [-0.3, -0.25) is 9.58 Å². The Morgan fingerprint density at radius 3 is 2.38 bits per heavy atom. The van der Waals surface area contributed by atoms with Crippen LogP contribution in [0.4, 0.5) is 0 Å². The quantitative estimate of drug-likeness (QED) is 0.704. The number of benzene rings is 1. The van der Waals surface area contributed by atoms with Gasteiger partial charge in [-0.15, -0.1) is 0 Å². The predicted octanol–water partition coefficient (Wildman–Crippen LogP) is 3.47. The van der Waals surface area contributed by atoms with Crippen LogP contribution in [0.3, 0.4) is 0 Å². The molecule has 1 heterocycles. The van der Waals surface area contributed by atoms with E-state index >= 15 is 0 Å². The molecule has 0 spiro atoms. The first kappa shape index (κ1) is 18.7. The van der Waals surface area contributed by atoms with Crippen molar-refractivity contribution < 1.29 is 0 Å². The molecular formula is C20H32N4. The van der Waals surface area contributed by atoms with E-state index in [4.69, 9.17) is 0 Å². The van der Waals surface area contributed by atoms with Crippen molar-refractivity contribution in [1.82, 2.24) is 19.6 Å². The Labute approximate surface area is 147 Å². The first-order valence-corrected chi connectivity index (χ1v) is 8.94. The summed E-state index contributed by atoms with van der Waals surface area (Å²) in [5.74, 6) is 0. The molecule has 0 unspecified atom stereocenters. The first-order chi connectivity index (χ1) is 11.5. The van der Waals surface area contributed by atoms with Gasteiger partial charge in [0.25, 0.3) is 0 Å². The van der Waals surface area contributed by atoms with Gasteiger partial charge in [-0.1, -0.05) is 31.2 Å². The van der Waals surface area contributed by atoms with E-state index in [1.807, 2.05) is 6.20 Å². The zero-order chi connectivity index (χ0) is 17.5. The summed E-state index contributed by atoms with van der Waals surface area (Å²) >= 11 is 0. The van der Waals surface area contributed by atoms with Gasteiger partial charge in [-0.2, -0.15) is 5.10 Å². The Morgan fingerprint density at radius 1 is 1.00 bits per heavy atom. The van der Waals surface area contributed by atoms with Gasteiger partial charge in [-0.05, 0) is 45.5 Å². The summed E-state index contributed by atoms with van der Waals surface area (Å²) in [6.45, 7) is 11.6. The maximum atomic E-state index is 4.56. The zero-order valence-electron chi connectivity index (χ0n) is 15.9. The van der Waals surface area contributed by atoms with Crippen LogP contribution in [-0.2, 0) is 19.6 Å². The Bertz CT molecular complexity index is 630. The monoisotopic (exact) mass is 328 g/mol. The lowest BCUT2D eigenvalue weighted by Crippen LogP contribution is -2.31. The van der Waals surface area contributed by atoms with Gasteiger partial charge in [0, 0.05) is 44.0 Å². The minimum atomic E-state index is 0.956. The highest BCUT2D eigenvalue weighted by atomic mass is 15.3. The van der Waals surface area contributed by atoms with Gasteiger partial charge < -0.3 is 4.90 Å². The van der Waals surface area contributed by atoms with Gasteiger partial charge in [-0.25, -0.2) is 0 Å². The van der Waals surface area contributed by atoms with Crippen molar-refractivity contribution in [2.45, 2.75) is 46.8 Å². The van der Waals surface area contributed by atoms with E-state index in [0.29, 0.717) is 0 Å².